The third kappa shape index (κ3) is 2.35. The summed E-state index contributed by atoms with van der Waals surface area (Å²) in [5, 5.41) is 12.0. The molecule has 1 aromatic heterocycles. The number of fused-ring (bicyclic) bond motifs is 2. The van der Waals surface area contributed by atoms with Crippen LogP contribution in [0.2, 0.25) is 0 Å². The number of hydrogen-bond donors (Lipinski definition) is 3. The molecular weight excluding hydrogens is 328 g/mol. The Balaban J connectivity index is 1.86. The van der Waals surface area contributed by atoms with Crippen molar-refractivity contribution in [2.24, 2.45) is 0 Å². The Morgan fingerprint density at radius 3 is 3.00 bits per heavy atom. The van der Waals surface area contributed by atoms with Gasteiger partial charge in [0.25, 0.3) is 5.91 Å². The smallest absolute Gasteiger partial charge is 0.269 e. The molecule has 3 N–H and O–H groups in total. The van der Waals surface area contributed by atoms with Crippen LogP contribution in [0.25, 0.3) is 0 Å². The van der Waals surface area contributed by atoms with E-state index in [2.05, 4.69) is 20.8 Å². The zero-order valence-corrected chi connectivity index (χ0v) is 13.6. The van der Waals surface area contributed by atoms with Gasteiger partial charge in [-0.1, -0.05) is 0 Å². The fourth-order valence-electron chi connectivity index (χ4n) is 3.19. The number of nitrogens with one attached hydrogen (secondary N) is 3. The Kier molecular flexibility index (Phi) is 3.48. The summed E-state index contributed by atoms with van der Waals surface area (Å²) < 4.78 is 16.2. The van der Waals surface area contributed by atoms with Crippen molar-refractivity contribution in [3.63, 3.8) is 0 Å². The van der Waals surface area contributed by atoms with Crippen LogP contribution in [-0.4, -0.2) is 43.0 Å². The van der Waals surface area contributed by atoms with E-state index in [0.717, 1.165) is 5.56 Å². The molecule has 0 bridgehead atoms. The highest BCUT2D eigenvalue weighted by Crippen LogP contribution is 2.46. The van der Waals surface area contributed by atoms with Crippen molar-refractivity contribution in [1.29, 1.82) is 0 Å². The first-order chi connectivity index (χ1) is 12.1. The molecule has 2 amide bonds. The van der Waals surface area contributed by atoms with E-state index >= 15 is 0 Å². The van der Waals surface area contributed by atoms with Gasteiger partial charge in [-0.3, -0.25) is 14.7 Å². The summed E-state index contributed by atoms with van der Waals surface area (Å²) in [7, 11) is 3.07. The van der Waals surface area contributed by atoms with Gasteiger partial charge in [-0.05, 0) is 17.7 Å². The molecule has 0 saturated heterocycles. The van der Waals surface area contributed by atoms with Crippen LogP contribution in [0.3, 0.4) is 0 Å². The van der Waals surface area contributed by atoms with Gasteiger partial charge >= 0.3 is 0 Å². The first-order valence-corrected chi connectivity index (χ1v) is 7.70. The number of methoxy groups -OCH3 is 1. The number of benzene rings is 1. The molecule has 1 atom stereocenters. The fraction of sp³-hybridized carbons (Fsp3) is 0.312. The van der Waals surface area contributed by atoms with Crippen molar-refractivity contribution in [3.05, 3.63) is 29.0 Å². The van der Waals surface area contributed by atoms with Crippen LogP contribution in [-0.2, 0) is 4.79 Å². The molecule has 0 radical (unpaired) electrons. The van der Waals surface area contributed by atoms with Crippen molar-refractivity contribution in [2.75, 3.05) is 26.3 Å². The average Bonchev–Trinajstić information content (AvgIpc) is 3.25. The van der Waals surface area contributed by atoms with E-state index in [0.29, 0.717) is 34.3 Å². The number of carbonyl (C=O) groups excluding carboxylic acids is 2. The van der Waals surface area contributed by atoms with Gasteiger partial charge < -0.3 is 24.8 Å². The number of anilines is 1. The molecule has 0 fully saturated rings. The maximum atomic E-state index is 12.2. The molecule has 0 unspecified atom stereocenters. The molecule has 0 saturated carbocycles. The van der Waals surface area contributed by atoms with Gasteiger partial charge in [0.05, 0.1) is 7.11 Å². The molecule has 3 heterocycles. The first kappa shape index (κ1) is 15.3. The summed E-state index contributed by atoms with van der Waals surface area (Å²) in [6.07, 6.45) is 0.180. The summed E-state index contributed by atoms with van der Waals surface area (Å²) in [6, 6.07) is 3.60. The van der Waals surface area contributed by atoms with Crippen molar-refractivity contribution in [2.45, 2.75) is 12.3 Å². The van der Waals surface area contributed by atoms with Gasteiger partial charge in [0, 0.05) is 24.9 Å². The highest BCUT2D eigenvalue weighted by molar-refractivity contribution is 6.00. The summed E-state index contributed by atoms with van der Waals surface area (Å²) in [5.41, 5.74) is 1.74. The van der Waals surface area contributed by atoms with E-state index in [4.69, 9.17) is 14.2 Å². The number of amides is 2. The monoisotopic (exact) mass is 344 g/mol. The first-order valence-electron chi connectivity index (χ1n) is 7.70. The van der Waals surface area contributed by atoms with Crippen molar-refractivity contribution in [1.82, 2.24) is 15.5 Å². The molecule has 0 aliphatic carbocycles. The van der Waals surface area contributed by atoms with E-state index in [1.165, 1.54) is 14.2 Å². The second kappa shape index (κ2) is 5.69. The third-order valence-electron chi connectivity index (χ3n) is 4.34. The summed E-state index contributed by atoms with van der Waals surface area (Å²) in [4.78, 5) is 24.2. The number of H-pyrrole nitrogens is 1. The number of aromatic nitrogens is 2. The van der Waals surface area contributed by atoms with E-state index in [1.54, 1.807) is 12.1 Å². The Morgan fingerprint density at radius 1 is 1.40 bits per heavy atom. The van der Waals surface area contributed by atoms with E-state index in [1.807, 2.05) is 0 Å². The van der Waals surface area contributed by atoms with Gasteiger partial charge in [0.15, 0.2) is 17.3 Å². The molecule has 1 aromatic carbocycles. The number of nitrogens with zero attached hydrogens (tertiary/aromatic N) is 1. The zero-order chi connectivity index (χ0) is 17.6. The topological polar surface area (TPSA) is 115 Å². The molecular formula is C16H16N4O5. The minimum absolute atomic E-state index is 0.112. The highest BCUT2D eigenvalue weighted by atomic mass is 16.7. The lowest BCUT2D eigenvalue weighted by Gasteiger charge is -2.23. The van der Waals surface area contributed by atoms with E-state index < -0.39 is 0 Å². The summed E-state index contributed by atoms with van der Waals surface area (Å²) in [5.74, 6) is 1.11. The maximum Gasteiger partial charge on any atom is 0.269 e. The van der Waals surface area contributed by atoms with Gasteiger partial charge in [-0.25, -0.2) is 0 Å². The highest BCUT2D eigenvalue weighted by Gasteiger charge is 2.35. The normalized spacial score (nSPS) is 17.7. The average molecular weight is 344 g/mol. The predicted octanol–water partition coefficient (Wildman–Crippen LogP) is 0.981. The SMILES string of the molecule is CNC(=O)c1[nH]nc2c1[C@H](c1cc(OC)c3c(c1)OCO3)CC(=O)N2. The predicted molar refractivity (Wildman–Crippen MR) is 86.2 cm³/mol. The fourth-order valence-corrected chi connectivity index (χ4v) is 3.19. The van der Waals surface area contributed by atoms with Crippen LogP contribution in [0.1, 0.15) is 34.0 Å². The Morgan fingerprint density at radius 2 is 2.24 bits per heavy atom. The van der Waals surface area contributed by atoms with Crippen LogP contribution in [0, 0.1) is 0 Å². The Bertz CT molecular complexity index is 876. The Hall–Kier alpha value is -3.23. The number of ether oxygens (including phenoxy) is 3. The second-order valence-electron chi connectivity index (χ2n) is 5.70. The van der Waals surface area contributed by atoms with Crippen LogP contribution < -0.4 is 24.8 Å². The minimum Gasteiger partial charge on any atom is -0.493 e. The van der Waals surface area contributed by atoms with Crippen LogP contribution in [0.15, 0.2) is 12.1 Å². The largest absolute Gasteiger partial charge is 0.493 e. The third-order valence-corrected chi connectivity index (χ3v) is 4.34. The number of hydrogen-bond acceptors (Lipinski definition) is 6. The summed E-state index contributed by atoms with van der Waals surface area (Å²) in [6.45, 7) is 0.112. The molecule has 2 aliphatic rings. The lowest BCUT2D eigenvalue weighted by Crippen LogP contribution is -2.26. The Labute approximate surface area is 142 Å². The summed E-state index contributed by atoms with van der Waals surface area (Å²) >= 11 is 0. The number of aromatic amines is 1. The molecule has 4 rings (SSSR count). The molecule has 9 nitrogen and oxygen atoms in total. The van der Waals surface area contributed by atoms with Crippen molar-refractivity contribution < 1.29 is 23.8 Å². The van der Waals surface area contributed by atoms with Gasteiger partial charge in [0.2, 0.25) is 18.4 Å². The maximum absolute atomic E-state index is 12.2. The second-order valence-corrected chi connectivity index (χ2v) is 5.70. The molecule has 0 spiro atoms. The lowest BCUT2D eigenvalue weighted by atomic mass is 9.85. The molecule has 2 aliphatic heterocycles. The van der Waals surface area contributed by atoms with Crippen molar-refractivity contribution in [3.8, 4) is 17.2 Å². The minimum atomic E-state index is -0.363. The van der Waals surface area contributed by atoms with Crippen LogP contribution >= 0.6 is 0 Å². The van der Waals surface area contributed by atoms with Gasteiger partial charge in [-0.2, -0.15) is 5.10 Å². The molecule has 25 heavy (non-hydrogen) atoms. The van der Waals surface area contributed by atoms with Gasteiger partial charge in [0.1, 0.15) is 5.69 Å². The van der Waals surface area contributed by atoms with Crippen LogP contribution in [0.5, 0.6) is 17.2 Å². The van der Waals surface area contributed by atoms with E-state index in [-0.39, 0.29) is 30.9 Å². The van der Waals surface area contributed by atoms with Crippen molar-refractivity contribution >= 4 is 17.6 Å². The van der Waals surface area contributed by atoms with Crippen LogP contribution in [0.4, 0.5) is 5.82 Å². The molecule has 2 aromatic rings. The van der Waals surface area contributed by atoms with E-state index in [9.17, 15) is 9.59 Å². The molecule has 130 valence electrons. The lowest BCUT2D eigenvalue weighted by molar-refractivity contribution is -0.116. The number of rotatable bonds is 3. The quantitative estimate of drug-likeness (QED) is 0.765. The molecule has 9 heteroatoms. The standard InChI is InChI=1S/C16H16N4O5/c1-17-16(22)13-12-8(5-11(21)18-15(12)20-19-13)7-3-9(23-2)14-10(4-7)24-6-25-14/h3-4,8H,5-6H2,1-2H3,(H,17,22)(H2,18,19,20,21)/t8-/m0/s1. The zero-order valence-electron chi connectivity index (χ0n) is 13.6. The van der Waals surface area contributed by atoms with Gasteiger partial charge in [-0.15, -0.1) is 0 Å². The number of carbonyl (C=O) groups is 2.